The Bertz CT molecular complexity index is 584. The van der Waals surface area contributed by atoms with E-state index in [0.717, 1.165) is 29.4 Å². The Morgan fingerprint density at radius 1 is 1.10 bits per heavy atom. The fraction of sp³-hybridized carbons (Fsp3) is 0.188. The van der Waals surface area contributed by atoms with Gasteiger partial charge in [-0.2, -0.15) is 0 Å². The summed E-state index contributed by atoms with van der Waals surface area (Å²) in [5.41, 5.74) is 2.15. The minimum Gasteiger partial charge on any atom is -0.497 e. The summed E-state index contributed by atoms with van der Waals surface area (Å²) in [6.07, 6.45) is 0.890. The van der Waals surface area contributed by atoms with Crippen molar-refractivity contribution >= 4 is 34.6 Å². The highest BCUT2D eigenvalue weighted by molar-refractivity contribution is 7.80. The minimum atomic E-state index is 0.606. The van der Waals surface area contributed by atoms with Crippen molar-refractivity contribution < 1.29 is 4.74 Å². The second-order valence-electron chi connectivity index (χ2n) is 4.49. The number of methoxy groups -OCH3 is 1. The number of ether oxygens (including phenoxy) is 1. The maximum absolute atomic E-state index is 5.85. The van der Waals surface area contributed by atoms with Crippen LogP contribution in [0.2, 0.25) is 5.02 Å². The summed E-state index contributed by atoms with van der Waals surface area (Å²) < 4.78 is 5.11. The van der Waals surface area contributed by atoms with Gasteiger partial charge in [-0.3, -0.25) is 0 Å². The molecule has 0 saturated heterocycles. The predicted octanol–water partition coefficient (Wildman–Crippen LogP) is 3.88. The molecule has 0 fully saturated rings. The molecule has 21 heavy (non-hydrogen) atoms. The summed E-state index contributed by atoms with van der Waals surface area (Å²) in [5.74, 6) is 0.821. The number of hydrogen-bond donors (Lipinski definition) is 2. The summed E-state index contributed by atoms with van der Waals surface area (Å²) in [7, 11) is 1.64. The molecule has 2 N–H and O–H groups in total. The van der Waals surface area contributed by atoms with E-state index in [1.165, 1.54) is 5.56 Å². The Balaban J connectivity index is 1.75. The van der Waals surface area contributed by atoms with Crippen LogP contribution >= 0.6 is 23.8 Å². The van der Waals surface area contributed by atoms with Gasteiger partial charge in [0, 0.05) is 17.3 Å². The van der Waals surface area contributed by atoms with Crippen LogP contribution < -0.4 is 15.4 Å². The monoisotopic (exact) mass is 320 g/mol. The van der Waals surface area contributed by atoms with Crippen LogP contribution in [0, 0.1) is 0 Å². The van der Waals surface area contributed by atoms with Crippen molar-refractivity contribution in [3.8, 4) is 5.75 Å². The Morgan fingerprint density at radius 3 is 2.38 bits per heavy atom. The van der Waals surface area contributed by atoms with E-state index in [1.807, 2.05) is 48.5 Å². The molecule has 0 amide bonds. The van der Waals surface area contributed by atoms with Crippen LogP contribution in [-0.4, -0.2) is 18.8 Å². The topological polar surface area (TPSA) is 33.3 Å². The van der Waals surface area contributed by atoms with E-state index in [0.29, 0.717) is 5.11 Å². The number of halogens is 1. The van der Waals surface area contributed by atoms with Crippen LogP contribution in [0.5, 0.6) is 5.75 Å². The van der Waals surface area contributed by atoms with Gasteiger partial charge < -0.3 is 15.4 Å². The molecule has 2 aromatic rings. The summed E-state index contributed by atoms with van der Waals surface area (Å²) in [5, 5.41) is 7.67. The van der Waals surface area contributed by atoms with E-state index in [-0.39, 0.29) is 0 Å². The Hall–Kier alpha value is -1.78. The Labute approximate surface area is 135 Å². The number of thiocarbonyl (C=S) groups is 1. The molecule has 0 bridgehead atoms. The van der Waals surface area contributed by atoms with Gasteiger partial charge in [-0.15, -0.1) is 0 Å². The molecular formula is C16H17ClN2OS. The predicted molar refractivity (Wildman–Crippen MR) is 92.4 cm³/mol. The minimum absolute atomic E-state index is 0.606. The van der Waals surface area contributed by atoms with E-state index in [9.17, 15) is 0 Å². The lowest BCUT2D eigenvalue weighted by Gasteiger charge is -2.11. The average molecular weight is 321 g/mol. The molecule has 0 unspecified atom stereocenters. The summed E-state index contributed by atoms with van der Waals surface area (Å²) in [6, 6.07) is 15.4. The summed E-state index contributed by atoms with van der Waals surface area (Å²) in [4.78, 5) is 0. The van der Waals surface area contributed by atoms with Gasteiger partial charge in [-0.25, -0.2) is 0 Å². The average Bonchev–Trinajstić information content (AvgIpc) is 2.50. The van der Waals surface area contributed by atoms with E-state index in [2.05, 4.69) is 10.6 Å². The van der Waals surface area contributed by atoms with Gasteiger partial charge in [0.05, 0.1) is 7.11 Å². The highest BCUT2D eigenvalue weighted by Crippen LogP contribution is 2.14. The number of benzene rings is 2. The Kier molecular flexibility index (Phi) is 5.84. The number of anilines is 1. The molecule has 0 saturated carbocycles. The second kappa shape index (κ2) is 7.86. The first-order valence-corrected chi connectivity index (χ1v) is 7.39. The third-order valence-corrected chi connectivity index (χ3v) is 3.46. The lowest BCUT2D eigenvalue weighted by atomic mass is 10.1. The van der Waals surface area contributed by atoms with Crippen LogP contribution in [0.3, 0.4) is 0 Å². The molecule has 110 valence electrons. The van der Waals surface area contributed by atoms with Crippen molar-refractivity contribution in [1.82, 2.24) is 5.32 Å². The fourth-order valence-electron chi connectivity index (χ4n) is 1.82. The van der Waals surface area contributed by atoms with Crippen LogP contribution in [0.4, 0.5) is 5.69 Å². The second-order valence-corrected chi connectivity index (χ2v) is 5.33. The molecule has 3 nitrogen and oxygen atoms in total. The van der Waals surface area contributed by atoms with E-state index in [4.69, 9.17) is 28.6 Å². The summed E-state index contributed by atoms with van der Waals surface area (Å²) in [6.45, 7) is 0.767. The molecule has 0 aromatic heterocycles. The van der Waals surface area contributed by atoms with Crippen molar-refractivity contribution in [2.24, 2.45) is 0 Å². The zero-order chi connectivity index (χ0) is 15.1. The lowest BCUT2D eigenvalue weighted by Crippen LogP contribution is -2.30. The molecule has 2 aromatic carbocycles. The maximum Gasteiger partial charge on any atom is 0.170 e. The zero-order valence-corrected chi connectivity index (χ0v) is 13.3. The van der Waals surface area contributed by atoms with E-state index < -0.39 is 0 Å². The van der Waals surface area contributed by atoms with Gasteiger partial charge >= 0.3 is 0 Å². The summed E-state index contributed by atoms with van der Waals surface area (Å²) >= 11 is 11.1. The molecule has 0 aliphatic rings. The van der Waals surface area contributed by atoms with Crippen molar-refractivity contribution in [3.63, 3.8) is 0 Å². The third kappa shape index (κ3) is 5.25. The van der Waals surface area contributed by atoms with Crippen LogP contribution in [0.15, 0.2) is 48.5 Å². The van der Waals surface area contributed by atoms with Crippen LogP contribution in [-0.2, 0) is 6.42 Å². The van der Waals surface area contributed by atoms with Crippen LogP contribution in [0.1, 0.15) is 5.56 Å². The Morgan fingerprint density at radius 2 is 1.76 bits per heavy atom. The number of nitrogens with one attached hydrogen (secondary N) is 2. The van der Waals surface area contributed by atoms with Gasteiger partial charge in [0.2, 0.25) is 0 Å². The van der Waals surface area contributed by atoms with Crippen molar-refractivity contribution in [1.29, 1.82) is 0 Å². The first-order valence-electron chi connectivity index (χ1n) is 6.61. The molecule has 0 atom stereocenters. The molecule has 0 spiro atoms. The highest BCUT2D eigenvalue weighted by atomic mass is 35.5. The molecule has 0 radical (unpaired) electrons. The van der Waals surface area contributed by atoms with Crippen molar-refractivity contribution in [3.05, 3.63) is 59.1 Å². The third-order valence-electron chi connectivity index (χ3n) is 2.96. The van der Waals surface area contributed by atoms with Gasteiger partial charge in [0.15, 0.2) is 5.11 Å². The van der Waals surface area contributed by atoms with Crippen molar-refractivity contribution in [2.75, 3.05) is 19.0 Å². The molecule has 0 aliphatic heterocycles. The first kappa shape index (κ1) is 15.6. The largest absolute Gasteiger partial charge is 0.497 e. The van der Waals surface area contributed by atoms with E-state index in [1.54, 1.807) is 7.11 Å². The standard InChI is InChI=1S/C16H17ClN2OS/c1-20-15-8-6-14(7-9-15)19-16(21)18-11-10-12-2-4-13(17)5-3-12/h2-9H,10-11H2,1H3,(H2,18,19,21). The van der Waals surface area contributed by atoms with Gasteiger partial charge in [0.25, 0.3) is 0 Å². The quantitative estimate of drug-likeness (QED) is 0.819. The van der Waals surface area contributed by atoms with Gasteiger partial charge in [-0.1, -0.05) is 23.7 Å². The highest BCUT2D eigenvalue weighted by Gasteiger charge is 1.99. The van der Waals surface area contributed by atoms with Crippen molar-refractivity contribution in [2.45, 2.75) is 6.42 Å². The SMILES string of the molecule is COc1ccc(NC(=S)NCCc2ccc(Cl)cc2)cc1. The molecule has 5 heteroatoms. The van der Waals surface area contributed by atoms with Gasteiger partial charge in [0.1, 0.15) is 5.75 Å². The molecule has 2 rings (SSSR count). The fourth-order valence-corrected chi connectivity index (χ4v) is 2.17. The number of hydrogen-bond acceptors (Lipinski definition) is 2. The number of rotatable bonds is 5. The molecule has 0 heterocycles. The molecule has 0 aliphatic carbocycles. The normalized spacial score (nSPS) is 10.0. The first-order chi connectivity index (χ1) is 10.2. The van der Waals surface area contributed by atoms with Crippen LogP contribution in [0.25, 0.3) is 0 Å². The molecular weight excluding hydrogens is 304 g/mol. The smallest absolute Gasteiger partial charge is 0.170 e. The maximum atomic E-state index is 5.85. The lowest BCUT2D eigenvalue weighted by molar-refractivity contribution is 0.415. The zero-order valence-electron chi connectivity index (χ0n) is 11.7. The van der Waals surface area contributed by atoms with E-state index >= 15 is 0 Å². The van der Waals surface area contributed by atoms with Gasteiger partial charge in [-0.05, 0) is 60.6 Å².